The molecule has 164 valence electrons. The number of benzene rings is 2. The van der Waals surface area contributed by atoms with Crippen LogP contribution in [0.15, 0.2) is 30.3 Å². The normalized spacial score (nSPS) is 10.5. The lowest BCUT2D eigenvalue weighted by Crippen LogP contribution is -2.14. The molecule has 0 saturated heterocycles. The fraction of sp³-hybridized carbons (Fsp3) is 0.381. The number of hydrogen-bond acceptors (Lipinski definition) is 6. The van der Waals surface area contributed by atoms with Crippen LogP contribution in [0.1, 0.15) is 31.1 Å². The first-order chi connectivity index (χ1) is 14.4. The number of anilines is 1. The lowest BCUT2D eigenvalue weighted by atomic mass is 10.1. The van der Waals surface area contributed by atoms with Crippen molar-refractivity contribution in [2.45, 2.75) is 27.4 Å². The summed E-state index contributed by atoms with van der Waals surface area (Å²) in [5.74, 6) is 0.579. The monoisotopic (exact) mass is 425 g/mol. The molecule has 0 aromatic heterocycles. The molecule has 0 fully saturated rings. The van der Waals surface area contributed by atoms with Gasteiger partial charge in [-0.25, -0.2) is 0 Å². The molecular weight excluding hydrogens is 400 g/mol. The predicted octanol–water partition coefficient (Wildman–Crippen LogP) is 4.75. The molecule has 9 heteroatoms. The minimum atomic E-state index is -3.03. The van der Waals surface area contributed by atoms with Gasteiger partial charge < -0.3 is 29.0 Å². The van der Waals surface area contributed by atoms with E-state index in [4.69, 9.17) is 18.9 Å². The van der Waals surface area contributed by atoms with Crippen molar-refractivity contribution in [1.82, 2.24) is 0 Å². The second-order valence-electron chi connectivity index (χ2n) is 5.80. The zero-order chi connectivity index (χ0) is 22.1. The Bertz CT molecular complexity index is 832. The van der Waals surface area contributed by atoms with E-state index < -0.39 is 12.5 Å². The molecule has 0 aliphatic carbocycles. The number of rotatable bonds is 11. The Hall–Kier alpha value is -3.23. The Morgan fingerprint density at radius 1 is 0.900 bits per heavy atom. The maximum absolute atomic E-state index is 12.8. The van der Waals surface area contributed by atoms with Crippen molar-refractivity contribution in [2.75, 3.05) is 32.2 Å². The third kappa shape index (κ3) is 5.88. The fourth-order valence-corrected chi connectivity index (χ4v) is 2.67. The van der Waals surface area contributed by atoms with Gasteiger partial charge in [-0.05, 0) is 45.0 Å². The zero-order valence-electron chi connectivity index (χ0n) is 17.3. The third-order valence-corrected chi connectivity index (χ3v) is 3.81. The maximum Gasteiger partial charge on any atom is 0.387 e. The second-order valence-corrected chi connectivity index (χ2v) is 5.80. The van der Waals surface area contributed by atoms with Crippen LogP contribution in [-0.4, -0.2) is 39.4 Å². The second kappa shape index (κ2) is 11.1. The summed E-state index contributed by atoms with van der Waals surface area (Å²) in [5, 5.41) is 2.64. The minimum absolute atomic E-state index is 0.117. The van der Waals surface area contributed by atoms with E-state index in [1.807, 2.05) is 20.8 Å². The standard InChI is InChI=1S/C21H25F2NO6/c1-5-27-17-10-13(11-18(28-6-2)19(17)29-7-3)20(25)24-14-8-9-15(26-4)16(12-14)30-21(22)23/h8-12,21H,5-7H2,1-4H3,(H,24,25). The highest BCUT2D eigenvalue weighted by molar-refractivity contribution is 6.05. The molecule has 0 atom stereocenters. The van der Waals surface area contributed by atoms with E-state index in [9.17, 15) is 13.6 Å². The number of nitrogens with one attached hydrogen (secondary N) is 1. The highest BCUT2D eigenvalue weighted by atomic mass is 19.3. The molecule has 2 aromatic rings. The van der Waals surface area contributed by atoms with E-state index in [1.54, 1.807) is 0 Å². The van der Waals surface area contributed by atoms with E-state index >= 15 is 0 Å². The number of ether oxygens (including phenoxy) is 5. The van der Waals surface area contributed by atoms with E-state index in [0.29, 0.717) is 37.1 Å². The van der Waals surface area contributed by atoms with Gasteiger partial charge in [0.2, 0.25) is 5.75 Å². The summed E-state index contributed by atoms with van der Waals surface area (Å²) in [7, 11) is 1.33. The number of amides is 1. The highest BCUT2D eigenvalue weighted by Gasteiger charge is 2.19. The summed E-state index contributed by atoms with van der Waals surface area (Å²) in [4.78, 5) is 12.8. The van der Waals surface area contributed by atoms with Crippen molar-refractivity contribution in [3.05, 3.63) is 35.9 Å². The average molecular weight is 425 g/mol. The van der Waals surface area contributed by atoms with Gasteiger partial charge >= 0.3 is 6.61 Å². The minimum Gasteiger partial charge on any atom is -0.493 e. The van der Waals surface area contributed by atoms with Gasteiger partial charge in [0, 0.05) is 17.3 Å². The Labute approximate surface area is 173 Å². The largest absolute Gasteiger partial charge is 0.493 e. The molecule has 0 unspecified atom stereocenters. The number of carbonyl (C=O) groups excluding carboxylic acids is 1. The summed E-state index contributed by atoms with van der Waals surface area (Å²) in [6.45, 7) is 3.54. The van der Waals surface area contributed by atoms with Crippen molar-refractivity contribution in [3.8, 4) is 28.7 Å². The van der Waals surface area contributed by atoms with Gasteiger partial charge in [-0.15, -0.1) is 0 Å². The van der Waals surface area contributed by atoms with Gasteiger partial charge in [-0.3, -0.25) is 4.79 Å². The van der Waals surface area contributed by atoms with Crippen LogP contribution in [0.2, 0.25) is 0 Å². The molecule has 2 rings (SSSR count). The van der Waals surface area contributed by atoms with Crippen molar-refractivity contribution in [2.24, 2.45) is 0 Å². The summed E-state index contributed by atoms with van der Waals surface area (Å²) < 4.78 is 51.5. The Morgan fingerprint density at radius 2 is 1.50 bits per heavy atom. The van der Waals surface area contributed by atoms with Gasteiger partial charge in [0.05, 0.1) is 26.9 Å². The van der Waals surface area contributed by atoms with Gasteiger partial charge in [0.1, 0.15) is 0 Å². The molecule has 0 saturated carbocycles. The van der Waals surface area contributed by atoms with E-state index in [2.05, 4.69) is 10.1 Å². The van der Waals surface area contributed by atoms with Crippen LogP contribution in [0.3, 0.4) is 0 Å². The lowest BCUT2D eigenvalue weighted by molar-refractivity contribution is -0.0511. The van der Waals surface area contributed by atoms with Crippen LogP contribution < -0.4 is 29.0 Å². The number of hydrogen-bond donors (Lipinski definition) is 1. The maximum atomic E-state index is 12.8. The third-order valence-electron chi connectivity index (χ3n) is 3.81. The lowest BCUT2D eigenvalue weighted by Gasteiger charge is -2.17. The van der Waals surface area contributed by atoms with Crippen LogP contribution in [0.4, 0.5) is 14.5 Å². The molecular formula is C21H25F2NO6. The average Bonchev–Trinajstić information content (AvgIpc) is 2.70. The topological polar surface area (TPSA) is 75.3 Å². The zero-order valence-corrected chi connectivity index (χ0v) is 17.3. The first kappa shape index (κ1) is 23.1. The first-order valence-electron chi connectivity index (χ1n) is 9.44. The molecule has 30 heavy (non-hydrogen) atoms. The van der Waals surface area contributed by atoms with Crippen LogP contribution >= 0.6 is 0 Å². The van der Waals surface area contributed by atoms with Crippen molar-refractivity contribution in [1.29, 1.82) is 0 Å². The molecule has 0 bridgehead atoms. The SMILES string of the molecule is CCOc1cc(C(=O)Nc2ccc(OC)c(OC(F)F)c2)cc(OCC)c1OCC. The molecule has 2 aromatic carbocycles. The number of alkyl halides is 2. The highest BCUT2D eigenvalue weighted by Crippen LogP contribution is 2.39. The van der Waals surface area contributed by atoms with Crippen molar-refractivity contribution < 1.29 is 37.3 Å². The fourth-order valence-electron chi connectivity index (χ4n) is 2.67. The predicted molar refractivity (Wildman–Crippen MR) is 108 cm³/mol. The molecule has 1 N–H and O–H groups in total. The summed E-state index contributed by atoms with van der Waals surface area (Å²) in [6, 6.07) is 7.25. The Morgan fingerprint density at radius 3 is 2.00 bits per heavy atom. The van der Waals surface area contributed by atoms with Crippen LogP contribution in [0.5, 0.6) is 28.7 Å². The molecule has 0 aliphatic rings. The van der Waals surface area contributed by atoms with Crippen LogP contribution in [-0.2, 0) is 0 Å². The van der Waals surface area contributed by atoms with Gasteiger partial charge in [-0.1, -0.05) is 0 Å². The van der Waals surface area contributed by atoms with Gasteiger partial charge in [0.25, 0.3) is 5.91 Å². The Kier molecular flexibility index (Phi) is 8.52. The Balaban J connectivity index is 2.36. The molecule has 0 aliphatic heterocycles. The van der Waals surface area contributed by atoms with Crippen LogP contribution in [0, 0.1) is 0 Å². The number of methoxy groups -OCH3 is 1. The van der Waals surface area contributed by atoms with Crippen molar-refractivity contribution >= 4 is 11.6 Å². The van der Waals surface area contributed by atoms with Gasteiger partial charge in [0.15, 0.2) is 23.0 Å². The first-order valence-corrected chi connectivity index (χ1v) is 9.44. The molecule has 7 nitrogen and oxygen atoms in total. The van der Waals surface area contributed by atoms with E-state index in [-0.39, 0.29) is 22.7 Å². The van der Waals surface area contributed by atoms with E-state index in [0.717, 1.165) is 0 Å². The molecule has 1 amide bonds. The summed E-state index contributed by atoms with van der Waals surface area (Å²) >= 11 is 0. The van der Waals surface area contributed by atoms with Gasteiger partial charge in [-0.2, -0.15) is 8.78 Å². The number of carbonyl (C=O) groups is 1. The molecule has 0 spiro atoms. The van der Waals surface area contributed by atoms with Crippen LogP contribution in [0.25, 0.3) is 0 Å². The smallest absolute Gasteiger partial charge is 0.387 e. The quantitative estimate of drug-likeness (QED) is 0.560. The van der Waals surface area contributed by atoms with E-state index in [1.165, 1.54) is 37.4 Å². The molecule has 0 heterocycles. The van der Waals surface area contributed by atoms with Crippen molar-refractivity contribution in [3.63, 3.8) is 0 Å². The number of halogens is 2. The summed E-state index contributed by atoms with van der Waals surface area (Å²) in [5.41, 5.74) is 0.499. The summed E-state index contributed by atoms with van der Waals surface area (Å²) in [6.07, 6.45) is 0. The molecule has 0 radical (unpaired) electrons.